The number of carbonyl (C=O) groups excluding carboxylic acids is 2. The Morgan fingerprint density at radius 2 is 2.03 bits per heavy atom. The molecule has 6 nitrogen and oxygen atoms in total. The fourth-order valence-corrected chi connectivity index (χ4v) is 4.88. The molecular weight excluding hydrogens is 397 g/mol. The van der Waals surface area contributed by atoms with E-state index in [2.05, 4.69) is 10.4 Å². The lowest BCUT2D eigenvalue weighted by atomic mass is 9.38. The first-order chi connectivity index (χ1) is 13.7. The molecule has 0 atom stereocenters. The maximum atomic E-state index is 13.4. The van der Waals surface area contributed by atoms with Crippen LogP contribution in [0, 0.1) is 18.2 Å². The lowest BCUT2D eigenvalue weighted by Gasteiger charge is -2.70. The van der Waals surface area contributed by atoms with Gasteiger partial charge in [0.15, 0.2) is 12.4 Å². The Hall–Kier alpha value is -2.41. The van der Waals surface area contributed by atoms with Crippen molar-refractivity contribution >= 4 is 23.3 Å². The molecule has 1 N–H and O–H groups in total. The smallest absolute Gasteiger partial charge is 0.258 e. The van der Waals surface area contributed by atoms with E-state index in [0.29, 0.717) is 12.1 Å². The summed E-state index contributed by atoms with van der Waals surface area (Å²) in [5.41, 5.74) is 1.26. The summed E-state index contributed by atoms with van der Waals surface area (Å²) in [6.07, 6.45) is 2.84. The van der Waals surface area contributed by atoms with Gasteiger partial charge in [-0.2, -0.15) is 5.10 Å². The number of nitrogens with zero attached hydrogens (tertiary/aromatic N) is 2. The minimum atomic E-state index is -0.588. The normalized spacial score (nSPS) is 24.4. The topological polar surface area (TPSA) is 73.2 Å². The van der Waals surface area contributed by atoms with E-state index in [-0.39, 0.29) is 40.0 Å². The Balaban J connectivity index is 1.24. The van der Waals surface area contributed by atoms with Crippen LogP contribution in [0.15, 0.2) is 24.3 Å². The van der Waals surface area contributed by atoms with Crippen LogP contribution in [-0.2, 0) is 11.3 Å². The van der Waals surface area contributed by atoms with Crippen molar-refractivity contribution in [1.29, 1.82) is 0 Å². The van der Waals surface area contributed by atoms with Gasteiger partial charge in [0.1, 0.15) is 17.3 Å². The molecule has 3 saturated carbocycles. The maximum Gasteiger partial charge on any atom is 0.258 e. The van der Waals surface area contributed by atoms with Crippen molar-refractivity contribution in [1.82, 2.24) is 15.1 Å². The molecule has 3 aliphatic rings. The van der Waals surface area contributed by atoms with Crippen LogP contribution in [0.3, 0.4) is 0 Å². The standard InChI is InChI=1S/C21H23ClFN3O3/c1-3-26-13(2)6-17(25-26)18(27)8-20-10-21(11-20,12-20)24-19(28)9-29-14-4-5-15(22)16(23)7-14/h4-7H,3,8-12H2,1-2H3,(H,24,28). The quantitative estimate of drug-likeness (QED) is 0.662. The average Bonchev–Trinajstić information content (AvgIpc) is 3.00. The van der Waals surface area contributed by atoms with E-state index in [1.54, 1.807) is 0 Å². The van der Waals surface area contributed by atoms with Gasteiger partial charge in [-0.05, 0) is 56.7 Å². The largest absolute Gasteiger partial charge is 0.484 e. The monoisotopic (exact) mass is 419 g/mol. The summed E-state index contributed by atoms with van der Waals surface area (Å²) < 4.78 is 20.6. The predicted molar refractivity (Wildman–Crippen MR) is 106 cm³/mol. The number of carbonyl (C=O) groups is 2. The molecule has 0 unspecified atom stereocenters. The minimum Gasteiger partial charge on any atom is -0.484 e. The molecule has 2 bridgehead atoms. The minimum absolute atomic E-state index is 0.00661. The first kappa shape index (κ1) is 19.9. The SMILES string of the molecule is CCn1nc(C(=O)CC23CC(NC(=O)COc4ccc(Cl)c(F)c4)(C2)C3)cc1C. The molecule has 0 spiro atoms. The fraction of sp³-hybridized carbons (Fsp3) is 0.476. The molecule has 29 heavy (non-hydrogen) atoms. The zero-order valence-corrected chi connectivity index (χ0v) is 17.2. The summed E-state index contributed by atoms with van der Waals surface area (Å²) in [5, 5.41) is 7.37. The number of benzene rings is 1. The molecule has 2 aromatic rings. The number of halogens is 2. The van der Waals surface area contributed by atoms with Crippen LogP contribution in [0.4, 0.5) is 4.39 Å². The molecule has 1 aromatic carbocycles. The molecule has 1 aromatic heterocycles. The summed E-state index contributed by atoms with van der Waals surface area (Å²) >= 11 is 5.63. The van der Waals surface area contributed by atoms with E-state index in [0.717, 1.165) is 37.6 Å². The number of hydrogen-bond donors (Lipinski definition) is 1. The number of aryl methyl sites for hydroxylation is 2. The van der Waals surface area contributed by atoms with Gasteiger partial charge in [0.2, 0.25) is 0 Å². The maximum absolute atomic E-state index is 13.4. The number of amides is 1. The van der Waals surface area contributed by atoms with Crippen LogP contribution in [-0.4, -0.2) is 33.6 Å². The second kappa shape index (κ2) is 7.13. The zero-order valence-electron chi connectivity index (χ0n) is 16.4. The van der Waals surface area contributed by atoms with Crippen LogP contribution in [0.2, 0.25) is 5.02 Å². The third-order valence-corrected chi connectivity index (χ3v) is 6.21. The highest BCUT2D eigenvalue weighted by Gasteiger charge is 2.68. The molecule has 3 aliphatic carbocycles. The van der Waals surface area contributed by atoms with Crippen molar-refractivity contribution in [2.24, 2.45) is 5.41 Å². The summed E-state index contributed by atoms with van der Waals surface area (Å²) in [7, 11) is 0. The van der Waals surface area contributed by atoms with Crippen molar-refractivity contribution in [3.05, 3.63) is 46.5 Å². The van der Waals surface area contributed by atoms with Crippen LogP contribution >= 0.6 is 11.6 Å². The van der Waals surface area contributed by atoms with Gasteiger partial charge in [-0.3, -0.25) is 14.3 Å². The Morgan fingerprint density at radius 1 is 1.31 bits per heavy atom. The van der Waals surface area contributed by atoms with Crippen molar-refractivity contribution in [2.75, 3.05) is 6.61 Å². The Kier molecular flexibility index (Phi) is 4.89. The predicted octanol–water partition coefficient (Wildman–Crippen LogP) is 3.69. The van der Waals surface area contributed by atoms with Gasteiger partial charge in [-0.15, -0.1) is 0 Å². The van der Waals surface area contributed by atoms with Crippen molar-refractivity contribution in [3.63, 3.8) is 0 Å². The summed E-state index contributed by atoms with van der Waals surface area (Å²) in [6.45, 7) is 4.49. The number of nitrogens with one attached hydrogen (secondary N) is 1. The first-order valence-corrected chi connectivity index (χ1v) is 10.1. The zero-order chi connectivity index (χ0) is 20.8. The molecule has 0 radical (unpaired) electrons. The van der Waals surface area contributed by atoms with Crippen molar-refractivity contribution in [2.45, 2.75) is 51.6 Å². The highest BCUT2D eigenvalue weighted by molar-refractivity contribution is 6.30. The molecular formula is C21H23ClFN3O3. The van der Waals surface area contributed by atoms with E-state index in [1.165, 1.54) is 12.1 Å². The van der Waals surface area contributed by atoms with Gasteiger partial charge in [0.25, 0.3) is 5.91 Å². The van der Waals surface area contributed by atoms with Crippen molar-refractivity contribution < 1.29 is 18.7 Å². The van der Waals surface area contributed by atoms with E-state index in [9.17, 15) is 14.0 Å². The first-order valence-electron chi connectivity index (χ1n) is 9.70. The second-order valence-electron chi connectivity index (χ2n) is 8.31. The molecule has 154 valence electrons. The Bertz CT molecular complexity index is 968. The molecule has 5 rings (SSSR count). The fourth-order valence-electron chi connectivity index (χ4n) is 4.76. The molecule has 0 aliphatic heterocycles. The van der Waals surface area contributed by atoms with Gasteiger partial charge in [0.05, 0.1) is 5.02 Å². The molecule has 3 fully saturated rings. The highest BCUT2D eigenvalue weighted by atomic mass is 35.5. The third kappa shape index (κ3) is 3.75. The summed E-state index contributed by atoms with van der Waals surface area (Å²) in [6, 6.07) is 5.89. The van der Waals surface area contributed by atoms with E-state index < -0.39 is 5.82 Å². The third-order valence-electron chi connectivity index (χ3n) is 5.91. The number of ether oxygens (including phenoxy) is 1. The lowest BCUT2D eigenvalue weighted by Crippen LogP contribution is -2.75. The van der Waals surface area contributed by atoms with Gasteiger partial charge in [-0.1, -0.05) is 11.6 Å². The van der Waals surface area contributed by atoms with Crippen LogP contribution in [0.5, 0.6) is 5.75 Å². The Labute approximate surface area is 173 Å². The number of Topliss-reactive ketones (excluding diaryl/α,β-unsaturated/α-hetero) is 1. The highest BCUT2D eigenvalue weighted by Crippen LogP contribution is 2.69. The molecule has 1 amide bonds. The van der Waals surface area contributed by atoms with Crippen LogP contribution in [0.1, 0.15) is 48.8 Å². The van der Waals surface area contributed by atoms with Gasteiger partial charge in [0, 0.05) is 30.3 Å². The summed E-state index contributed by atoms with van der Waals surface area (Å²) in [4.78, 5) is 24.8. The number of aromatic nitrogens is 2. The van der Waals surface area contributed by atoms with E-state index in [4.69, 9.17) is 16.3 Å². The van der Waals surface area contributed by atoms with Gasteiger partial charge in [-0.25, -0.2) is 4.39 Å². The van der Waals surface area contributed by atoms with Crippen molar-refractivity contribution in [3.8, 4) is 5.75 Å². The number of rotatable bonds is 8. The van der Waals surface area contributed by atoms with Crippen LogP contribution in [0.25, 0.3) is 0 Å². The van der Waals surface area contributed by atoms with Gasteiger partial charge < -0.3 is 10.1 Å². The number of hydrogen-bond acceptors (Lipinski definition) is 4. The van der Waals surface area contributed by atoms with E-state index >= 15 is 0 Å². The summed E-state index contributed by atoms with van der Waals surface area (Å²) in [5.74, 6) is -0.525. The van der Waals surface area contributed by atoms with Crippen LogP contribution < -0.4 is 10.1 Å². The molecule has 8 heteroatoms. The molecule has 1 heterocycles. The average molecular weight is 420 g/mol. The Morgan fingerprint density at radius 3 is 2.66 bits per heavy atom. The lowest BCUT2D eigenvalue weighted by molar-refractivity contribution is -0.164. The second-order valence-corrected chi connectivity index (χ2v) is 8.72. The number of ketones is 1. The van der Waals surface area contributed by atoms with E-state index in [1.807, 2.05) is 24.6 Å². The van der Waals surface area contributed by atoms with Gasteiger partial charge >= 0.3 is 0 Å². The molecule has 0 saturated heterocycles.